The number of hydrogen-bond acceptors (Lipinski definition) is 4. The molecule has 0 radical (unpaired) electrons. The summed E-state index contributed by atoms with van der Waals surface area (Å²) < 4.78 is 5.83. The Morgan fingerprint density at radius 2 is 1.71 bits per heavy atom. The second-order valence-corrected chi connectivity index (χ2v) is 8.82. The molecule has 1 heterocycles. The van der Waals surface area contributed by atoms with Gasteiger partial charge in [-0.15, -0.1) is 11.8 Å². The molecule has 3 aromatic rings. The van der Waals surface area contributed by atoms with Crippen LogP contribution in [-0.4, -0.2) is 30.2 Å². The first-order valence-corrected chi connectivity index (χ1v) is 11.1. The van der Waals surface area contributed by atoms with Gasteiger partial charge in [-0.2, -0.15) is 0 Å². The van der Waals surface area contributed by atoms with E-state index in [-0.39, 0.29) is 18.4 Å². The van der Waals surface area contributed by atoms with E-state index in [9.17, 15) is 9.59 Å². The van der Waals surface area contributed by atoms with Crippen LogP contribution in [0.1, 0.15) is 23.7 Å². The summed E-state index contributed by atoms with van der Waals surface area (Å²) >= 11 is 1.79. The third-order valence-electron chi connectivity index (χ3n) is 5.06. The van der Waals surface area contributed by atoms with Gasteiger partial charge in [0.2, 0.25) is 0 Å². The number of carbonyl (C=O) groups is 2. The molecule has 6 heteroatoms. The SMILES string of the molecule is C[C@H]1CCN(C(=O)COc2ccccc2C(=O)Nc2ccccc2)c2ccccc2S1. The van der Waals surface area contributed by atoms with Crippen molar-refractivity contribution in [1.82, 2.24) is 0 Å². The van der Waals surface area contributed by atoms with Gasteiger partial charge in [-0.05, 0) is 42.8 Å². The molecule has 0 spiro atoms. The number of nitrogens with one attached hydrogen (secondary N) is 1. The van der Waals surface area contributed by atoms with Gasteiger partial charge in [-0.1, -0.05) is 49.4 Å². The molecular weight excluding hydrogens is 408 g/mol. The van der Waals surface area contributed by atoms with Crippen LogP contribution in [-0.2, 0) is 4.79 Å². The summed E-state index contributed by atoms with van der Waals surface area (Å²) in [5.74, 6) is -0.0184. The minimum Gasteiger partial charge on any atom is -0.483 e. The summed E-state index contributed by atoms with van der Waals surface area (Å²) in [5, 5.41) is 3.29. The second kappa shape index (κ2) is 9.71. The summed E-state index contributed by atoms with van der Waals surface area (Å²) in [7, 11) is 0. The maximum absolute atomic E-state index is 13.1. The van der Waals surface area contributed by atoms with E-state index in [1.54, 1.807) is 40.9 Å². The molecule has 0 bridgehead atoms. The molecule has 0 saturated heterocycles. The fourth-order valence-electron chi connectivity index (χ4n) is 3.46. The lowest BCUT2D eigenvalue weighted by molar-refractivity contribution is -0.120. The Labute approximate surface area is 186 Å². The lowest BCUT2D eigenvalue weighted by Crippen LogP contribution is -2.36. The van der Waals surface area contributed by atoms with Gasteiger partial charge in [-0.3, -0.25) is 9.59 Å². The maximum Gasteiger partial charge on any atom is 0.264 e. The van der Waals surface area contributed by atoms with Crippen molar-refractivity contribution in [3.05, 3.63) is 84.4 Å². The Kier molecular flexibility index (Phi) is 6.57. The molecule has 31 heavy (non-hydrogen) atoms. The molecule has 1 atom stereocenters. The van der Waals surface area contributed by atoms with E-state index < -0.39 is 0 Å². The Balaban J connectivity index is 1.47. The smallest absolute Gasteiger partial charge is 0.264 e. The third-order valence-corrected chi connectivity index (χ3v) is 6.30. The zero-order chi connectivity index (χ0) is 21.6. The van der Waals surface area contributed by atoms with E-state index in [4.69, 9.17) is 4.74 Å². The highest BCUT2D eigenvalue weighted by Crippen LogP contribution is 2.37. The topological polar surface area (TPSA) is 58.6 Å². The molecule has 1 aliphatic heterocycles. The maximum atomic E-state index is 13.1. The molecule has 0 saturated carbocycles. The van der Waals surface area contributed by atoms with Gasteiger partial charge < -0.3 is 15.0 Å². The van der Waals surface area contributed by atoms with E-state index in [1.807, 2.05) is 54.6 Å². The lowest BCUT2D eigenvalue weighted by atomic mass is 10.2. The molecule has 0 fully saturated rings. The molecule has 1 aliphatic rings. The molecule has 2 amide bonds. The molecule has 3 aromatic carbocycles. The van der Waals surface area contributed by atoms with Crippen molar-refractivity contribution in [1.29, 1.82) is 0 Å². The van der Waals surface area contributed by atoms with Crippen molar-refractivity contribution in [2.45, 2.75) is 23.5 Å². The summed E-state index contributed by atoms with van der Waals surface area (Å²) in [5.41, 5.74) is 2.01. The number of rotatable bonds is 5. The van der Waals surface area contributed by atoms with E-state index >= 15 is 0 Å². The summed E-state index contributed by atoms with van der Waals surface area (Å²) in [6.45, 7) is 2.68. The minimum absolute atomic E-state index is 0.125. The molecule has 0 unspecified atom stereocenters. The largest absolute Gasteiger partial charge is 0.483 e. The van der Waals surface area contributed by atoms with Crippen LogP contribution >= 0.6 is 11.8 Å². The van der Waals surface area contributed by atoms with Gasteiger partial charge in [0.15, 0.2) is 6.61 Å². The number of thioether (sulfide) groups is 1. The summed E-state index contributed by atoms with van der Waals surface area (Å²) in [6.07, 6.45) is 0.904. The van der Waals surface area contributed by atoms with Crippen LogP contribution in [0.15, 0.2) is 83.8 Å². The van der Waals surface area contributed by atoms with Crippen molar-refractivity contribution in [2.24, 2.45) is 0 Å². The predicted octanol–water partition coefficient (Wildman–Crippen LogP) is 5.24. The molecular formula is C25H24N2O3S. The van der Waals surface area contributed by atoms with Gasteiger partial charge >= 0.3 is 0 Å². The fourth-order valence-corrected chi connectivity index (χ4v) is 4.58. The quantitative estimate of drug-likeness (QED) is 0.599. The van der Waals surface area contributed by atoms with Crippen molar-refractivity contribution < 1.29 is 14.3 Å². The summed E-state index contributed by atoms with van der Waals surface area (Å²) in [6, 6.07) is 24.2. The molecule has 0 aliphatic carbocycles. The Morgan fingerprint density at radius 1 is 1.00 bits per heavy atom. The monoisotopic (exact) mass is 432 g/mol. The van der Waals surface area contributed by atoms with E-state index in [0.29, 0.717) is 28.8 Å². The first-order chi connectivity index (χ1) is 15.1. The average molecular weight is 433 g/mol. The zero-order valence-electron chi connectivity index (χ0n) is 17.3. The van der Waals surface area contributed by atoms with Gasteiger partial charge in [0.1, 0.15) is 5.75 Å². The fraction of sp³-hybridized carbons (Fsp3) is 0.200. The number of hydrogen-bond donors (Lipinski definition) is 1. The first-order valence-electron chi connectivity index (χ1n) is 10.3. The van der Waals surface area contributed by atoms with Crippen LogP contribution in [0.5, 0.6) is 5.75 Å². The zero-order valence-corrected chi connectivity index (χ0v) is 18.1. The Morgan fingerprint density at radius 3 is 2.55 bits per heavy atom. The van der Waals surface area contributed by atoms with Crippen LogP contribution < -0.4 is 15.0 Å². The molecule has 1 N–H and O–H groups in total. The van der Waals surface area contributed by atoms with Crippen molar-refractivity contribution in [3.63, 3.8) is 0 Å². The number of amides is 2. The number of fused-ring (bicyclic) bond motifs is 1. The number of nitrogens with zero attached hydrogens (tertiary/aromatic N) is 1. The summed E-state index contributed by atoms with van der Waals surface area (Å²) in [4.78, 5) is 28.7. The highest BCUT2D eigenvalue weighted by molar-refractivity contribution is 8.00. The van der Waals surface area contributed by atoms with E-state index in [2.05, 4.69) is 12.2 Å². The molecule has 4 rings (SSSR count). The lowest BCUT2D eigenvalue weighted by Gasteiger charge is -2.23. The number of benzene rings is 3. The van der Waals surface area contributed by atoms with Crippen LogP contribution in [0.2, 0.25) is 0 Å². The molecule has 0 aromatic heterocycles. The Hall–Kier alpha value is -3.25. The van der Waals surface area contributed by atoms with Gasteiger partial charge in [-0.25, -0.2) is 0 Å². The standard InChI is InChI=1S/C25H24N2O3S/c1-18-15-16-27(21-12-6-8-14-23(21)31-18)24(28)17-30-22-13-7-5-11-20(22)25(29)26-19-9-3-2-4-10-19/h2-14,18H,15-17H2,1H3,(H,26,29)/t18-/m0/s1. The second-order valence-electron chi connectivity index (χ2n) is 7.34. The number of anilines is 2. The van der Waals surface area contributed by atoms with Crippen molar-refractivity contribution in [3.8, 4) is 5.75 Å². The molecule has 5 nitrogen and oxygen atoms in total. The van der Waals surface area contributed by atoms with Crippen LogP contribution in [0.4, 0.5) is 11.4 Å². The normalized spacial score (nSPS) is 15.5. The van der Waals surface area contributed by atoms with Crippen molar-refractivity contribution >= 4 is 35.0 Å². The van der Waals surface area contributed by atoms with Gasteiger partial charge in [0, 0.05) is 22.4 Å². The minimum atomic E-state index is -0.278. The third kappa shape index (κ3) is 5.09. The number of ether oxygens (including phenoxy) is 1. The van der Waals surface area contributed by atoms with E-state index in [0.717, 1.165) is 17.0 Å². The highest BCUT2D eigenvalue weighted by atomic mass is 32.2. The number of carbonyl (C=O) groups excluding carboxylic acids is 2. The predicted molar refractivity (Wildman–Crippen MR) is 125 cm³/mol. The van der Waals surface area contributed by atoms with E-state index in [1.165, 1.54) is 0 Å². The van der Waals surface area contributed by atoms with Crippen LogP contribution in [0.3, 0.4) is 0 Å². The van der Waals surface area contributed by atoms with Gasteiger partial charge in [0.25, 0.3) is 11.8 Å². The van der Waals surface area contributed by atoms with Crippen LogP contribution in [0, 0.1) is 0 Å². The number of para-hydroxylation sites is 3. The molecule has 158 valence electrons. The first kappa shape index (κ1) is 21.0. The van der Waals surface area contributed by atoms with Crippen molar-refractivity contribution in [2.75, 3.05) is 23.4 Å². The average Bonchev–Trinajstić information content (AvgIpc) is 2.96. The van der Waals surface area contributed by atoms with Gasteiger partial charge in [0.05, 0.1) is 11.3 Å². The highest BCUT2D eigenvalue weighted by Gasteiger charge is 2.24. The van der Waals surface area contributed by atoms with Crippen LogP contribution in [0.25, 0.3) is 0 Å². The Bertz CT molecular complexity index is 1070.